The van der Waals surface area contributed by atoms with Crippen molar-refractivity contribution in [3.8, 4) is 0 Å². The number of nitrogens with one attached hydrogen (secondary N) is 1. The SMILES string of the molecule is CC.CN1CCNCC1.CN1CCOCC1.CN1CCSCC1. The molecule has 3 aliphatic rings. The largest absolute Gasteiger partial charge is 0.379 e. The molecule has 0 bridgehead atoms. The molecule has 0 saturated carbocycles. The molecule has 3 heterocycles. The van der Waals surface area contributed by atoms with Crippen LogP contribution in [-0.4, -0.2) is 113 Å². The van der Waals surface area contributed by atoms with Gasteiger partial charge in [0.05, 0.1) is 13.2 Å². The van der Waals surface area contributed by atoms with E-state index in [9.17, 15) is 0 Å². The topological polar surface area (TPSA) is 31.0 Å². The molecule has 3 fully saturated rings. The molecule has 0 aliphatic carbocycles. The van der Waals surface area contributed by atoms with Crippen molar-refractivity contribution in [1.29, 1.82) is 0 Å². The molecular formula is C17H40N4OS. The van der Waals surface area contributed by atoms with Crippen LogP contribution in [0.25, 0.3) is 0 Å². The van der Waals surface area contributed by atoms with Crippen LogP contribution >= 0.6 is 11.8 Å². The Hall–Kier alpha value is 0.150. The average molecular weight is 349 g/mol. The Balaban J connectivity index is 0.000000299. The van der Waals surface area contributed by atoms with Gasteiger partial charge in [0.15, 0.2) is 0 Å². The van der Waals surface area contributed by atoms with Gasteiger partial charge in [-0.3, -0.25) is 0 Å². The predicted molar refractivity (Wildman–Crippen MR) is 105 cm³/mol. The van der Waals surface area contributed by atoms with Crippen LogP contribution in [0.5, 0.6) is 0 Å². The van der Waals surface area contributed by atoms with Crippen LogP contribution in [0.2, 0.25) is 0 Å². The summed E-state index contributed by atoms with van der Waals surface area (Å²) in [5.41, 5.74) is 0. The fraction of sp³-hybridized carbons (Fsp3) is 1.00. The van der Waals surface area contributed by atoms with E-state index in [1.165, 1.54) is 37.7 Å². The van der Waals surface area contributed by atoms with Gasteiger partial charge in [-0.25, -0.2) is 0 Å². The van der Waals surface area contributed by atoms with Gasteiger partial charge in [0.1, 0.15) is 0 Å². The summed E-state index contributed by atoms with van der Waals surface area (Å²) in [4.78, 5) is 6.97. The molecule has 0 unspecified atom stereocenters. The molecule has 1 N–H and O–H groups in total. The molecule has 0 spiro atoms. The second kappa shape index (κ2) is 17.0. The van der Waals surface area contributed by atoms with E-state index in [1.807, 2.05) is 13.8 Å². The third kappa shape index (κ3) is 15.4. The Labute approximate surface area is 149 Å². The third-order valence-corrected chi connectivity index (χ3v) is 4.75. The fourth-order valence-corrected chi connectivity index (χ4v) is 3.17. The molecule has 23 heavy (non-hydrogen) atoms. The lowest BCUT2D eigenvalue weighted by Crippen LogP contribution is -2.40. The van der Waals surface area contributed by atoms with Crippen molar-refractivity contribution in [2.24, 2.45) is 0 Å². The van der Waals surface area contributed by atoms with Gasteiger partial charge < -0.3 is 24.8 Å². The van der Waals surface area contributed by atoms with Crippen LogP contribution in [0.15, 0.2) is 0 Å². The Morgan fingerprint density at radius 3 is 1.39 bits per heavy atom. The highest BCUT2D eigenvalue weighted by atomic mass is 32.2. The maximum absolute atomic E-state index is 5.10. The van der Waals surface area contributed by atoms with Gasteiger partial charge in [0, 0.05) is 63.9 Å². The number of ether oxygens (including phenoxy) is 1. The van der Waals surface area contributed by atoms with Crippen molar-refractivity contribution >= 4 is 11.8 Å². The number of hydrogen-bond acceptors (Lipinski definition) is 6. The van der Waals surface area contributed by atoms with E-state index in [-0.39, 0.29) is 0 Å². The number of nitrogens with zero attached hydrogens (tertiary/aromatic N) is 3. The minimum Gasteiger partial charge on any atom is -0.379 e. The van der Waals surface area contributed by atoms with Crippen molar-refractivity contribution < 1.29 is 4.74 Å². The van der Waals surface area contributed by atoms with Crippen LogP contribution in [0.3, 0.4) is 0 Å². The van der Waals surface area contributed by atoms with Gasteiger partial charge in [0.25, 0.3) is 0 Å². The van der Waals surface area contributed by atoms with Gasteiger partial charge in [0.2, 0.25) is 0 Å². The van der Waals surface area contributed by atoms with Crippen LogP contribution in [-0.2, 0) is 4.74 Å². The molecular weight excluding hydrogens is 308 g/mol. The van der Waals surface area contributed by atoms with Crippen molar-refractivity contribution in [2.75, 3.05) is 98.2 Å². The fourth-order valence-electron chi connectivity index (χ4n) is 2.09. The monoisotopic (exact) mass is 348 g/mol. The summed E-state index contributed by atoms with van der Waals surface area (Å²) < 4.78 is 5.10. The number of piperazine rings is 1. The van der Waals surface area contributed by atoms with E-state index < -0.39 is 0 Å². The van der Waals surface area contributed by atoms with E-state index in [0.29, 0.717) is 0 Å². The number of likely N-dealkylation sites (N-methyl/N-ethyl adjacent to an activating group) is 2. The minimum atomic E-state index is 0.913. The molecule has 0 aromatic carbocycles. The Morgan fingerprint density at radius 2 is 1.13 bits per heavy atom. The quantitative estimate of drug-likeness (QED) is 0.707. The molecule has 3 aliphatic heterocycles. The smallest absolute Gasteiger partial charge is 0.0594 e. The summed E-state index contributed by atoms with van der Waals surface area (Å²) in [5, 5.41) is 3.27. The van der Waals surface area contributed by atoms with Gasteiger partial charge in [-0.05, 0) is 21.1 Å². The first-order valence-electron chi connectivity index (χ1n) is 9.10. The lowest BCUT2D eigenvalue weighted by Gasteiger charge is -2.21. The highest BCUT2D eigenvalue weighted by Gasteiger charge is 2.03. The zero-order chi connectivity index (χ0) is 17.3. The summed E-state index contributed by atoms with van der Waals surface area (Å²) in [5.74, 6) is 2.66. The van der Waals surface area contributed by atoms with Crippen LogP contribution in [0, 0.1) is 0 Å². The van der Waals surface area contributed by atoms with Gasteiger partial charge >= 0.3 is 0 Å². The Morgan fingerprint density at radius 1 is 0.696 bits per heavy atom. The molecule has 0 aromatic heterocycles. The van der Waals surface area contributed by atoms with Crippen molar-refractivity contribution in [1.82, 2.24) is 20.0 Å². The van der Waals surface area contributed by atoms with Crippen molar-refractivity contribution in [3.63, 3.8) is 0 Å². The normalized spacial score (nSPS) is 23.3. The average Bonchev–Trinajstić information content (AvgIpc) is 2.60. The van der Waals surface area contributed by atoms with Gasteiger partial charge in [-0.2, -0.15) is 11.8 Å². The molecule has 0 aromatic rings. The molecule has 6 heteroatoms. The van der Waals surface area contributed by atoms with E-state index >= 15 is 0 Å². The standard InChI is InChI=1S/C5H12N2.C5H11NO.C5H11NS.C2H6/c1-7-4-2-6-3-5-7;2*1-6-2-4-7-5-3-6;1-2/h6H,2-5H2,1H3;2*2-5H2,1H3;1-2H3. The Kier molecular flexibility index (Phi) is 17.1. The second-order valence-corrected chi connectivity index (χ2v) is 7.11. The van der Waals surface area contributed by atoms with Gasteiger partial charge in [-0.1, -0.05) is 13.8 Å². The number of hydrogen-bond donors (Lipinski definition) is 1. The highest BCUT2D eigenvalue weighted by molar-refractivity contribution is 7.99. The zero-order valence-corrected chi connectivity index (χ0v) is 17.0. The molecule has 5 nitrogen and oxygen atoms in total. The van der Waals surface area contributed by atoms with Crippen LogP contribution < -0.4 is 5.32 Å². The lowest BCUT2D eigenvalue weighted by molar-refractivity contribution is 0.0503. The van der Waals surface area contributed by atoms with E-state index in [0.717, 1.165) is 39.4 Å². The van der Waals surface area contributed by atoms with E-state index in [2.05, 4.69) is 52.9 Å². The lowest BCUT2D eigenvalue weighted by atomic mass is 10.4. The molecule has 140 valence electrons. The maximum atomic E-state index is 5.10. The van der Waals surface area contributed by atoms with Crippen LogP contribution in [0.1, 0.15) is 13.8 Å². The number of morpholine rings is 1. The first-order valence-corrected chi connectivity index (χ1v) is 10.3. The third-order valence-electron chi connectivity index (χ3n) is 3.81. The Bertz CT molecular complexity index is 191. The maximum Gasteiger partial charge on any atom is 0.0594 e. The molecule has 3 saturated heterocycles. The summed E-state index contributed by atoms with van der Waals surface area (Å²) >= 11 is 2.06. The van der Waals surface area contributed by atoms with Gasteiger partial charge in [-0.15, -0.1) is 0 Å². The van der Waals surface area contributed by atoms with Crippen LogP contribution in [0.4, 0.5) is 0 Å². The summed E-state index contributed by atoms with van der Waals surface area (Å²) in [6.07, 6.45) is 0. The summed E-state index contributed by atoms with van der Waals surface area (Å²) in [6.45, 7) is 15.3. The molecule has 0 radical (unpaired) electrons. The number of thioether (sulfide) groups is 1. The predicted octanol–water partition coefficient (Wildman–Crippen LogP) is 1.16. The van der Waals surface area contributed by atoms with Crippen molar-refractivity contribution in [3.05, 3.63) is 0 Å². The molecule has 0 amide bonds. The second-order valence-electron chi connectivity index (χ2n) is 5.88. The van der Waals surface area contributed by atoms with Crippen molar-refractivity contribution in [2.45, 2.75) is 13.8 Å². The van der Waals surface area contributed by atoms with E-state index in [4.69, 9.17) is 4.74 Å². The summed E-state index contributed by atoms with van der Waals surface area (Å²) in [6, 6.07) is 0. The summed E-state index contributed by atoms with van der Waals surface area (Å²) in [7, 11) is 6.45. The molecule has 0 atom stereocenters. The minimum absolute atomic E-state index is 0.913. The first-order chi connectivity index (χ1) is 11.2. The highest BCUT2D eigenvalue weighted by Crippen LogP contribution is 2.05. The number of rotatable bonds is 0. The molecule has 3 rings (SSSR count). The van der Waals surface area contributed by atoms with E-state index in [1.54, 1.807) is 0 Å². The first kappa shape index (κ1) is 23.1. The zero-order valence-electron chi connectivity index (χ0n) is 16.1.